The van der Waals surface area contributed by atoms with Crippen LogP contribution in [0.5, 0.6) is 0 Å². The molecule has 0 aliphatic heterocycles. The summed E-state index contributed by atoms with van der Waals surface area (Å²) in [5.41, 5.74) is 0.322. The minimum absolute atomic E-state index is 0.110. The number of carbonyl (C=O) groups is 1. The van der Waals surface area contributed by atoms with E-state index in [0.717, 1.165) is 17.7 Å². The van der Waals surface area contributed by atoms with Crippen LogP contribution in [0.2, 0.25) is 0 Å². The van der Waals surface area contributed by atoms with Gasteiger partial charge >= 0.3 is 12.1 Å². The summed E-state index contributed by atoms with van der Waals surface area (Å²) in [6.45, 7) is 1.88. The van der Waals surface area contributed by atoms with Crippen molar-refractivity contribution in [1.29, 1.82) is 0 Å². The highest BCUT2D eigenvalue weighted by atomic mass is 19.4. The first-order valence-corrected chi connectivity index (χ1v) is 7.56. The van der Waals surface area contributed by atoms with Crippen LogP contribution in [0.1, 0.15) is 29.4 Å². The van der Waals surface area contributed by atoms with E-state index in [4.69, 9.17) is 4.74 Å². The summed E-state index contributed by atoms with van der Waals surface area (Å²) in [7, 11) is 0. The molecule has 0 radical (unpaired) electrons. The number of rotatable bonds is 5. The molecule has 3 nitrogen and oxygen atoms in total. The fraction of sp³-hybridized carbons (Fsp3) is 0.158. The topological polar surface area (TPSA) is 39.2 Å². The predicted molar refractivity (Wildman–Crippen MR) is 90.3 cm³/mol. The van der Waals surface area contributed by atoms with Crippen LogP contribution in [0.3, 0.4) is 0 Å². The predicted octanol–water partition coefficient (Wildman–Crippen LogP) is 4.85. The van der Waals surface area contributed by atoms with Crippen LogP contribution in [-0.2, 0) is 15.7 Å². The van der Waals surface area contributed by atoms with E-state index in [9.17, 15) is 18.0 Å². The van der Waals surface area contributed by atoms with E-state index >= 15 is 0 Å². The molecule has 0 saturated heterocycles. The number of pyridine rings is 1. The van der Waals surface area contributed by atoms with Gasteiger partial charge in [-0.3, -0.25) is 0 Å². The van der Waals surface area contributed by atoms with Crippen LogP contribution in [0, 0.1) is 0 Å². The molecule has 0 bridgehead atoms. The first-order chi connectivity index (χ1) is 11.9. The Kier molecular flexibility index (Phi) is 6.11. The third kappa shape index (κ3) is 5.60. The quantitative estimate of drug-likeness (QED) is 0.573. The van der Waals surface area contributed by atoms with Gasteiger partial charge in [-0.1, -0.05) is 42.5 Å². The van der Waals surface area contributed by atoms with Gasteiger partial charge in [-0.25, -0.2) is 9.78 Å². The van der Waals surface area contributed by atoms with Crippen LogP contribution in [0.15, 0.2) is 48.5 Å². The van der Waals surface area contributed by atoms with Crippen molar-refractivity contribution in [3.05, 3.63) is 71.1 Å². The molecule has 0 unspecified atom stereocenters. The molecule has 1 aromatic heterocycles. The van der Waals surface area contributed by atoms with Crippen molar-refractivity contribution in [2.24, 2.45) is 0 Å². The number of aromatic nitrogens is 1. The lowest BCUT2D eigenvalue weighted by atomic mass is 10.1. The van der Waals surface area contributed by atoms with E-state index in [1.165, 1.54) is 18.2 Å². The summed E-state index contributed by atoms with van der Waals surface area (Å²) in [6.07, 6.45) is 1.14. The van der Waals surface area contributed by atoms with E-state index in [1.807, 2.05) is 30.3 Å². The minimum atomic E-state index is -4.54. The lowest BCUT2D eigenvalue weighted by Gasteiger charge is -2.08. The van der Waals surface area contributed by atoms with Crippen molar-refractivity contribution in [3.63, 3.8) is 0 Å². The van der Waals surface area contributed by atoms with Gasteiger partial charge in [-0.05, 0) is 30.7 Å². The van der Waals surface area contributed by atoms with E-state index < -0.39 is 17.8 Å². The van der Waals surface area contributed by atoms with Crippen molar-refractivity contribution in [3.8, 4) is 0 Å². The number of halogens is 3. The lowest BCUT2D eigenvalue weighted by molar-refractivity contribution is -0.141. The second-order valence-corrected chi connectivity index (χ2v) is 5.00. The van der Waals surface area contributed by atoms with Gasteiger partial charge in [0.2, 0.25) is 0 Å². The maximum absolute atomic E-state index is 12.9. The average Bonchev–Trinajstić information content (AvgIpc) is 2.59. The maximum Gasteiger partial charge on any atom is 0.433 e. The summed E-state index contributed by atoms with van der Waals surface area (Å²) in [5.74, 6) is -0.569. The van der Waals surface area contributed by atoms with Crippen LogP contribution < -0.4 is 0 Å². The normalized spacial score (nSPS) is 12.0. The zero-order valence-electron chi connectivity index (χ0n) is 13.5. The molecule has 0 aliphatic carbocycles. The van der Waals surface area contributed by atoms with Crippen LogP contribution in [0.4, 0.5) is 13.2 Å². The van der Waals surface area contributed by atoms with Crippen LogP contribution in [-0.4, -0.2) is 17.6 Å². The van der Waals surface area contributed by atoms with Gasteiger partial charge in [-0.15, -0.1) is 0 Å². The van der Waals surface area contributed by atoms with E-state index in [-0.39, 0.29) is 12.3 Å². The SMILES string of the molecule is CCOC(=O)/C=C/c1ccc(C(F)(F)F)nc1/C=C/c1ccccc1. The molecule has 0 fully saturated rings. The molecule has 1 heterocycles. The summed E-state index contributed by atoms with van der Waals surface area (Å²) in [5, 5.41) is 0. The second kappa shape index (κ2) is 8.28. The molecule has 25 heavy (non-hydrogen) atoms. The molecule has 2 aromatic rings. The Morgan fingerprint density at radius 2 is 1.80 bits per heavy atom. The standard InChI is InChI=1S/C19H16F3NO2/c1-2-25-18(24)13-10-15-9-12-17(19(20,21)22)23-16(15)11-8-14-6-4-3-5-7-14/h3-13H,2H2,1H3/b11-8+,13-10+. The fourth-order valence-electron chi connectivity index (χ4n) is 2.01. The molecule has 0 N–H and O–H groups in total. The van der Waals surface area contributed by atoms with Gasteiger partial charge in [0.1, 0.15) is 5.69 Å². The zero-order chi connectivity index (χ0) is 18.3. The second-order valence-electron chi connectivity index (χ2n) is 5.00. The Balaban J connectivity index is 2.38. The smallest absolute Gasteiger partial charge is 0.433 e. The molecular formula is C19H16F3NO2. The van der Waals surface area contributed by atoms with Gasteiger partial charge in [0.05, 0.1) is 12.3 Å². The number of alkyl halides is 3. The Hall–Kier alpha value is -2.89. The minimum Gasteiger partial charge on any atom is -0.463 e. The Bertz CT molecular complexity index is 781. The zero-order valence-corrected chi connectivity index (χ0v) is 13.5. The third-order valence-corrected chi connectivity index (χ3v) is 3.17. The highest BCUT2D eigenvalue weighted by Gasteiger charge is 2.32. The summed E-state index contributed by atoms with van der Waals surface area (Å²) in [4.78, 5) is 15.1. The molecule has 0 saturated carbocycles. The molecule has 2 rings (SSSR count). The van der Waals surface area contributed by atoms with Gasteiger partial charge in [-0.2, -0.15) is 13.2 Å². The number of ether oxygens (including phenoxy) is 1. The Labute approximate surface area is 143 Å². The van der Waals surface area contributed by atoms with Crippen molar-refractivity contribution in [1.82, 2.24) is 4.98 Å². The first-order valence-electron chi connectivity index (χ1n) is 7.56. The van der Waals surface area contributed by atoms with Crippen LogP contribution >= 0.6 is 0 Å². The molecule has 6 heteroatoms. The number of hydrogen-bond acceptors (Lipinski definition) is 3. The highest BCUT2D eigenvalue weighted by molar-refractivity contribution is 5.88. The molecule has 0 spiro atoms. The summed E-state index contributed by atoms with van der Waals surface area (Å²) < 4.78 is 43.5. The van der Waals surface area contributed by atoms with Gasteiger partial charge < -0.3 is 4.74 Å². The van der Waals surface area contributed by atoms with Gasteiger partial charge in [0.15, 0.2) is 0 Å². The van der Waals surface area contributed by atoms with Crippen molar-refractivity contribution in [2.75, 3.05) is 6.61 Å². The third-order valence-electron chi connectivity index (χ3n) is 3.17. The monoisotopic (exact) mass is 347 g/mol. The summed E-state index contributed by atoms with van der Waals surface area (Å²) in [6, 6.07) is 11.3. The molecule has 130 valence electrons. The fourth-order valence-corrected chi connectivity index (χ4v) is 2.01. The highest BCUT2D eigenvalue weighted by Crippen LogP contribution is 2.29. The summed E-state index contributed by atoms with van der Waals surface area (Å²) >= 11 is 0. The lowest BCUT2D eigenvalue weighted by Crippen LogP contribution is -2.09. The number of benzene rings is 1. The van der Waals surface area contributed by atoms with Crippen molar-refractivity contribution < 1.29 is 22.7 Å². The van der Waals surface area contributed by atoms with Crippen LogP contribution in [0.25, 0.3) is 18.2 Å². The molecule has 0 amide bonds. The van der Waals surface area contributed by atoms with Crippen molar-refractivity contribution >= 4 is 24.2 Å². The molecular weight excluding hydrogens is 331 g/mol. The van der Waals surface area contributed by atoms with E-state index in [1.54, 1.807) is 13.0 Å². The number of carbonyl (C=O) groups excluding carboxylic acids is 1. The van der Waals surface area contributed by atoms with Crippen molar-refractivity contribution in [2.45, 2.75) is 13.1 Å². The Morgan fingerprint density at radius 1 is 1.08 bits per heavy atom. The number of esters is 1. The maximum atomic E-state index is 12.9. The molecule has 0 atom stereocenters. The largest absolute Gasteiger partial charge is 0.463 e. The first kappa shape index (κ1) is 18.4. The number of hydrogen-bond donors (Lipinski definition) is 0. The molecule has 1 aromatic carbocycles. The van der Waals surface area contributed by atoms with Gasteiger partial charge in [0, 0.05) is 11.6 Å². The van der Waals surface area contributed by atoms with E-state index in [2.05, 4.69) is 4.98 Å². The molecule has 0 aliphatic rings. The Morgan fingerprint density at radius 3 is 2.44 bits per heavy atom. The average molecular weight is 347 g/mol. The van der Waals surface area contributed by atoms with Gasteiger partial charge in [0.25, 0.3) is 0 Å². The van der Waals surface area contributed by atoms with E-state index in [0.29, 0.717) is 5.56 Å². The number of nitrogens with zero attached hydrogens (tertiary/aromatic N) is 1.